The van der Waals surface area contributed by atoms with Crippen LogP contribution in [-0.4, -0.2) is 5.78 Å². The van der Waals surface area contributed by atoms with Crippen LogP contribution in [0.3, 0.4) is 0 Å². The Morgan fingerprint density at radius 2 is 1.86 bits per heavy atom. The zero-order valence-electron chi connectivity index (χ0n) is 8.36. The lowest BCUT2D eigenvalue weighted by Crippen LogP contribution is -2.21. The topological polar surface area (TPSA) is 17.1 Å². The van der Waals surface area contributed by atoms with Crippen molar-refractivity contribution in [2.75, 3.05) is 0 Å². The van der Waals surface area contributed by atoms with E-state index < -0.39 is 0 Å². The number of carbonyl (C=O) groups excluding carboxylic acids is 1. The Labute approximate surface area is 84.9 Å². The summed E-state index contributed by atoms with van der Waals surface area (Å²) in [5, 5.41) is 0. The number of Topliss-reactive ketones (excluding diaryl/α,β-unsaturated/α-hetero) is 1. The lowest BCUT2D eigenvalue weighted by atomic mass is 9.85. The SMILES string of the molecule is C=C[C@@H]1C[C@H](C=C)[C@@H]2C(=O)[C@H]3C[C@H]3[C@@H]21. The molecule has 0 aromatic carbocycles. The maximum Gasteiger partial charge on any atom is 0.140 e. The zero-order valence-corrected chi connectivity index (χ0v) is 8.36. The summed E-state index contributed by atoms with van der Waals surface area (Å²) >= 11 is 0. The molecule has 0 amide bonds. The highest BCUT2D eigenvalue weighted by molar-refractivity contribution is 5.90. The first kappa shape index (κ1) is 8.46. The molecule has 14 heavy (non-hydrogen) atoms. The van der Waals surface area contributed by atoms with E-state index in [0.717, 1.165) is 12.8 Å². The second-order valence-corrected chi connectivity index (χ2v) is 5.05. The maximum absolute atomic E-state index is 12.0. The van der Waals surface area contributed by atoms with Crippen LogP contribution in [0, 0.1) is 35.5 Å². The van der Waals surface area contributed by atoms with E-state index in [1.807, 2.05) is 6.08 Å². The van der Waals surface area contributed by atoms with Crippen molar-refractivity contribution in [1.82, 2.24) is 0 Å². The highest BCUT2D eigenvalue weighted by Gasteiger charge is 2.64. The molecule has 0 aliphatic heterocycles. The van der Waals surface area contributed by atoms with E-state index in [9.17, 15) is 4.79 Å². The first-order valence-corrected chi connectivity index (χ1v) is 5.56. The lowest BCUT2D eigenvalue weighted by molar-refractivity contribution is -0.123. The molecule has 3 aliphatic carbocycles. The first-order chi connectivity index (χ1) is 6.77. The van der Waals surface area contributed by atoms with Crippen LogP contribution in [0.25, 0.3) is 0 Å². The molecule has 3 fully saturated rings. The summed E-state index contributed by atoms with van der Waals surface area (Å²) < 4.78 is 0. The fourth-order valence-electron chi connectivity index (χ4n) is 3.86. The van der Waals surface area contributed by atoms with Crippen LogP contribution in [0.15, 0.2) is 25.3 Å². The van der Waals surface area contributed by atoms with Crippen LogP contribution in [0.5, 0.6) is 0 Å². The standard InChI is InChI=1S/C13H16O/c1-3-7-5-8(4-2)12-11(7)9-6-10(9)13(12)14/h3-4,7-12H,1-2,5-6H2/t7-,8+,9-,10+,11+,12+/m1/s1. The van der Waals surface area contributed by atoms with Crippen LogP contribution in [0.2, 0.25) is 0 Å². The lowest BCUT2D eigenvalue weighted by Gasteiger charge is -2.17. The molecule has 3 aliphatic rings. The maximum atomic E-state index is 12.0. The smallest absolute Gasteiger partial charge is 0.140 e. The monoisotopic (exact) mass is 188 g/mol. The highest BCUT2D eigenvalue weighted by Crippen LogP contribution is 2.64. The fraction of sp³-hybridized carbons (Fsp3) is 0.615. The molecule has 0 N–H and O–H groups in total. The molecule has 3 rings (SSSR count). The third kappa shape index (κ3) is 0.832. The summed E-state index contributed by atoms with van der Waals surface area (Å²) in [5.74, 6) is 3.60. The molecule has 0 aromatic rings. The Balaban J connectivity index is 1.96. The first-order valence-electron chi connectivity index (χ1n) is 5.56. The molecule has 0 bridgehead atoms. The number of fused-ring (bicyclic) bond motifs is 3. The quantitative estimate of drug-likeness (QED) is 0.608. The summed E-state index contributed by atoms with van der Waals surface area (Å²) in [6.07, 6.45) is 6.32. The van der Waals surface area contributed by atoms with Crippen molar-refractivity contribution in [2.45, 2.75) is 12.8 Å². The van der Waals surface area contributed by atoms with Gasteiger partial charge in [-0.05, 0) is 36.5 Å². The number of carbonyl (C=O) groups is 1. The molecule has 1 nitrogen and oxygen atoms in total. The van der Waals surface area contributed by atoms with Gasteiger partial charge in [0.15, 0.2) is 0 Å². The molecule has 0 radical (unpaired) electrons. The molecule has 0 heterocycles. The molecule has 6 atom stereocenters. The predicted octanol–water partition coefficient (Wildman–Crippen LogP) is 2.45. The van der Waals surface area contributed by atoms with Gasteiger partial charge >= 0.3 is 0 Å². The number of allylic oxidation sites excluding steroid dienone is 2. The second-order valence-electron chi connectivity index (χ2n) is 5.05. The van der Waals surface area contributed by atoms with Gasteiger partial charge in [-0.1, -0.05) is 12.2 Å². The van der Waals surface area contributed by atoms with Crippen molar-refractivity contribution in [1.29, 1.82) is 0 Å². The minimum Gasteiger partial charge on any atom is -0.299 e. The summed E-state index contributed by atoms with van der Waals surface area (Å²) in [4.78, 5) is 12.0. The van der Waals surface area contributed by atoms with Gasteiger partial charge < -0.3 is 0 Å². The third-order valence-electron chi connectivity index (χ3n) is 4.55. The van der Waals surface area contributed by atoms with E-state index in [1.165, 1.54) is 0 Å². The number of ketones is 1. The van der Waals surface area contributed by atoms with Crippen molar-refractivity contribution in [3.63, 3.8) is 0 Å². The molecule has 74 valence electrons. The van der Waals surface area contributed by atoms with Gasteiger partial charge in [-0.25, -0.2) is 0 Å². The van der Waals surface area contributed by atoms with Crippen molar-refractivity contribution in [3.8, 4) is 0 Å². The van der Waals surface area contributed by atoms with Crippen LogP contribution >= 0.6 is 0 Å². The van der Waals surface area contributed by atoms with E-state index in [1.54, 1.807) is 0 Å². The van der Waals surface area contributed by atoms with Gasteiger partial charge in [-0.15, -0.1) is 13.2 Å². The van der Waals surface area contributed by atoms with Gasteiger partial charge in [0.05, 0.1) is 0 Å². The molecule has 0 spiro atoms. The third-order valence-corrected chi connectivity index (χ3v) is 4.55. The van der Waals surface area contributed by atoms with Crippen LogP contribution < -0.4 is 0 Å². The van der Waals surface area contributed by atoms with Gasteiger partial charge in [-0.3, -0.25) is 4.79 Å². The van der Waals surface area contributed by atoms with Gasteiger partial charge in [0, 0.05) is 11.8 Å². The minimum atomic E-state index is 0.305. The Kier molecular flexibility index (Phi) is 1.56. The summed E-state index contributed by atoms with van der Waals surface area (Å²) in [6, 6.07) is 0. The van der Waals surface area contributed by atoms with Crippen molar-refractivity contribution in [3.05, 3.63) is 25.3 Å². The molecule has 3 saturated carbocycles. The summed E-state index contributed by atoms with van der Waals surface area (Å²) in [6.45, 7) is 7.76. The average Bonchev–Trinajstić information content (AvgIpc) is 2.82. The van der Waals surface area contributed by atoms with Crippen LogP contribution in [0.4, 0.5) is 0 Å². The Morgan fingerprint density at radius 3 is 2.50 bits per heavy atom. The molecular weight excluding hydrogens is 172 g/mol. The van der Waals surface area contributed by atoms with E-state index >= 15 is 0 Å². The fourth-order valence-corrected chi connectivity index (χ4v) is 3.86. The van der Waals surface area contributed by atoms with Crippen LogP contribution in [-0.2, 0) is 4.79 Å². The Bertz CT molecular complexity index is 317. The van der Waals surface area contributed by atoms with E-state index in [0.29, 0.717) is 41.3 Å². The van der Waals surface area contributed by atoms with Gasteiger partial charge in [0.25, 0.3) is 0 Å². The number of hydrogen-bond acceptors (Lipinski definition) is 1. The molecule has 0 aromatic heterocycles. The van der Waals surface area contributed by atoms with Gasteiger partial charge in [0.1, 0.15) is 5.78 Å². The second kappa shape index (κ2) is 2.59. The Morgan fingerprint density at radius 1 is 1.14 bits per heavy atom. The van der Waals surface area contributed by atoms with E-state index in [-0.39, 0.29) is 0 Å². The molecular formula is C13H16O. The van der Waals surface area contributed by atoms with Gasteiger partial charge in [0.2, 0.25) is 0 Å². The number of hydrogen-bond donors (Lipinski definition) is 0. The average molecular weight is 188 g/mol. The largest absolute Gasteiger partial charge is 0.299 e. The Hall–Kier alpha value is -0.850. The van der Waals surface area contributed by atoms with Crippen molar-refractivity contribution < 1.29 is 4.79 Å². The normalized spacial score (nSPS) is 53.9. The van der Waals surface area contributed by atoms with Gasteiger partial charge in [-0.2, -0.15) is 0 Å². The zero-order chi connectivity index (χ0) is 9.87. The summed E-state index contributed by atoms with van der Waals surface area (Å²) in [5.41, 5.74) is 0. The molecule has 0 saturated heterocycles. The molecule has 0 unspecified atom stereocenters. The predicted molar refractivity (Wildman–Crippen MR) is 55.6 cm³/mol. The number of rotatable bonds is 2. The van der Waals surface area contributed by atoms with E-state index in [2.05, 4.69) is 19.2 Å². The van der Waals surface area contributed by atoms with E-state index in [4.69, 9.17) is 0 Å². The minimum absolute atomic E-state index is 0.305. The van der Waals surface area contributed by atoms with Crippen molar-refractivity contribution >= 4 is 5.78 Å². The van der Waals surface area contributed by atoms with Crippen molar-refractivity contribution in [2.24, 2.45) is 35.5 Å². The molecule has 1 heteroatoms. The van der Waals surface area contributed by atoms with Crippen LogP contribution in [0.1, 0.15) is 12.8 Å². The summed E-state index contributed by atoms with van der Waals surface area (Å²) in [7, 11) is 0. The highest BCUT2D eigenvalue weighted by atomic mass is 16.1.